The van der Waals surface area contributed by atoms with Gasteiger partial charge >= 0.3 is 11.9 Å². The van der Waals surface area contributed by atoms with Gasteiger partial charge in [0.25, 0.3) is 0 Å². The van der Waals surface area contributed by atoms with Gasteiger partial charge in [-0.2, -0.15) is 0 Å². The van der Waals surface area contributed by atoms with E-state index in [4.69, 9.17) is 4.74 Å². The third-order valence-corrected chi connectivity index (χ3v) is 4.30. The smallest absolute Gasteiger partial charge is 0.338 e. The van der Waals surface area contributed by atoms with Gasteiger partial charge < -0.3 is 19.3 Å². The van der Waals surface area contributed by atoms with Crippen LogP contribution in [0.3, 0.4) is 0 Å². The molecule has 0 spiro atoms. The molecular weight excluding hydrogens is 372 g/mol. The zero-order valence-corrected chi connectivity index (χ0v) is 16.7. The molecule has 0 unspecified atom stereocenters. The van der Waals surface area contributed by atoms with Crippen molar-refractivity contribution in [3.8, 4) is 11.5 Å². The molecule has 6 heteroatoms. The molecule has 6 nitrogen and oxygen atoms in total. The summed E-state index contributed by atoms with van der Waals surface area (Å²) in [4.78, 5) is 22.3. The van der Waals surface area contributed by atoms with Gasteiger partial charge in [-0.25, -0.2) is 9.59 Å². The van der Waals surface area contributed by atoms with E-state index in [1.165, 1.54) is 38.8 Å². The highest BCUT2D eigenvalue weighted by Gasteiger charge is 2.11. The minimum Gasteiger partial charge on any atom is -0.508 e. The van der Waals surface area contributed by atoms with Crippen molar-refractivity contribution in [1.82, 2.24) is 0 Å². The number of rotatable bonds is 5. The maximum atomic E-state index is 11.4. The SMILES string of the molecule is COC(=O)C1=CCCCC1.COC(=O)c1cc(O)cc(OCc2ccccc2)c1. The van der Waals surface area contributed by atoms with Gasteiger partial charge in [0.2, 0.25) is 0 Å². The number of phenolic OH excluding ortho intramolecular Hbond substituents is 1. The lowest BCUT2D eigenvalue weighted by Crippen LogP contribution is -2.06. The third kappa shape index (κ3) is 7.33. The molecule has 2 aromatic carbocycles. The Bertz CT molecular complexity index is 842. The second kappa shape index (κ2) is 11.5. The number of carbonyl (C=O) groups is 2. The normalized spacial score (nSPS) is 12.7. The van der Waals surface area contributed by atoms with Gasteiger partial charge in [0.15, 0.2) is 0 Å². The van der Waals surface area contributed by atoms with E-state index < -0.39 is 5.97 Å². The van der Waals surface area contributed by atoms with Gasteiger partial charge in [-0.15, -0.1) is 0 Å². The van der Waals surface area contributed by atoms with Crippen molar-refractivity contribution in [2.24, 2.45) is 0 Å². The number of carbonyl (C=O) groups excluding carboxylic acids is 2. The molecule has 1 aliphatic carbocycles. The molecule has 0 radical (unpaired) electrons. The summed E-state index contributed by atoms with van der Waals surface area (Å²) in [6.45, 7) is 0.366. The van der Waals surface area contributed by atoms with Crippen molar-refractivity contribution in [1.29, 1.82) is 0 Å². The number of esters is 2. The van der Waals surface area contributed by atoms with Crippen molar-refractivity contribution in [2.75, 3.05) is 14.2 Å². The molecule has 0 saturated carbocycles. The predicted octanol–water partition coefficient (Wildman–Crippen LogP) is 4.42. The van der Waals surface area contributed by atoms with Crippen LogP contribution in [0.2, 0.25) is 0 Å². The van der Waals surface area contributed by atoms with Crippen molar-refractivity contribution >= 4 is 11.9 Å². The fourth-order valence-corrected chi connectivity index (χ4v) is 2.80. The fourth-order valence-electron chi connectivity index (χ4n) is 2.80. The standard InChI is InChI=1S/C15H14O4.C8H12O2/c1-18-15(17)12-7-13(16)9-14(8-12)19-10-11-5-3-2-4-6-11;1-10-8(9)7-5-3-2-4-6-7/h2-9,16H,10H2,1H3;5H,2-4,6H2,1H3. The summed E-state index contributed by atoms with van der Waals surface area (Å²) in [6, 6.07) is 14.0. The Labute approximate surface area is 170 Å². The van der Waals surface area contributed by atoms with Crippen molar-refractivity contribution in [3.63, 3.8) is 0 Å². The van der Waals surface area contributed by atoms with Gasteiger partial charge in [0.1, 0.15) is 18.1 Å². The van der Waals surface area contributed by atoms with Crippen molar-refractivity contribution in [3.05, 3.63) is 71.3 Å². The topological polar surface area (TPSA) is 82.1 Å². The summed E-state index contributed by atoms with van der Waals surface area (Å²) < 4.78 is 14.7. The van der Waals surface area contributed by atoms with Crippen LogP contribution in [0, 0.1) is 0 Å². The van der Waals surface area contributed by atoms with Gasteiger partial charge in [-0.1, -0.05) is 36.4 Å². The van der Waals surface area contributed by atoms with Crippen LogP contribution in [0.25, 0.3) is 0 Å². The second-order valence-corrected chi connectivity index (χ2v) is 6.45. The lowest BCUT2D eigenvalue weighted by atomic mass is 10.00. The third-order valence-electron chi connectivity index (χ3n) is 4.30. The van der Waals surface area contributed by atoms with E-state index in [9.17, 15) is 14.7 Å². The van der Waals surface area contributed by atoms with Gasteiger partial charge in [-0.05, 0) is 43.4 Å². The average molecular weight is 398 g/mol. The van der Waals surface area contributed by atoms with E-state index in [2.05, 4.69) is 9.47 Å². The van der Waals surface area contributed by atoms with Gasteiger partial charge in [-0.3, -0.25) is 0 Å². The molecule has 154 valence electrons. The van der Waals surface area contributed by atoms with Crippen LogP contribution in [0.4, 0.5) is 0 Å². The van der Waals surface area contributed by atoms with E-state index in [0.717, 1.165) is 30.4 Å². The maximum absolute atomic E-state index is 11.4. The highest BCUT2D eigenvalue weighted by Crippen LogP contribution is 2.23. The Kier molecular flexibility index (Phi) is 8.76. The molecule has 1 N–H and O–H groups in total. The summed E-state index contributed by atoms with van der Waals surface area (Å²) >= 11 is 0. The Hall–Kier alpha value is -3.28. The number of allylic oxidation sites excluding steroid dienone is 1. The highest BCUT2D eigenvalue weighted by molar-refractivity contribution is 5.90. The van der Waals surface area contributed by atoms with E-state index in [-0.39, 0.29) is 17.3 Å². The minimum atomic E-state index is -0.513. The molecule has 3 rings (SSSR count). The molecule has 0 amide bonds. The first kappa shape index (κ1) is 22.0. The molecule has 0 atom stereocenters. The maximum Gasteiger partial charge on any atom is 0.338 e. The van der Waals surface area contributed by atoms with E-state index in [0.29, 0.717) is 12.4 Å². The summed E-state index contributed by atoms with van der Waals surface area (Å²) in [5.74, 6) is -0.282. The lowest BCUT2D eigenvalue weighted by molar-refractivity contribution is -0.136. The number of benzene rings is 2. The molecule has 0 heterocycles. The molecule has 29 heavy (non-hydrogen) atoms. The van der Waals surface area contributed by atoms with E-state index in [1.54, 1.807) is 0 Å². The quantitative estimate of drug-likeness (QED) is 0.751. The number of hydrogen-bond donors (Lipinski definition) is 1. The van der Waals surface area contributed by atoms with Crippen molar-refractivity contribution in [2.45, 2.75) is 32.3 Å². The van der Waals surface area contributed by atoms with Crippen LogP contribution in [0.1, 0.15) is 41.6 Å². The van der Waals surface area contributed by atoms with Crippen molar-refractivity contribution < 1.29 is 28.9 Å². The molecule has 0 fully saturated rings. The van der Waals surface area contributed by atoms with Crippen LogP contribution in [-0.2, 0) is 20.9 Å². The highest BCUT2D eigenvalue weighted by atomic mass is 16.5. The molecular formula is C23H26O6. The molecule has 0 saturated heterocycles. The van der Waals surface area contributed by atoms with E-state index in [1.807, 2.05) is 36.4 Å². The van der Waals surface area contributed by atoms with Crippen LogP contribution in [0.15, 0.2) is 60.2 Å². The zero-order valence-electron chi connectivity index (χ0n) is 16.7. The Morgan fingerprint density at radius 1 is 0.966 bits per heavy atom. The molecule has 0 aliphatic heterocycles. The number of ether oxygens (including phenoxy) is 3. The van der Waals surface area contributed by atoms with E-state index >= 15 is 0 Å². The monoisotopic (exact) mass is 398 g/mol. The molecule has 1 aliphatic rings. The van der Waals surface area contributed by atoms with Crippen LogP contribution < -0.4 is 4.74 Å². The van der Waals surface area contributed by atoms with Gasteiger partial charge in [0.05, 0.1) is 19.8 Å². The van der Waals surface area contributed by atoms with Gasteiger partial charge in [0, 0.05) is 11.6 Å². The average Bonchev–Trinajstić information content (AvgIpc) is 2.78. The Balaban J connectivity index is 0.000000253. The first-order valence-electron chi connectivity index (χ1n) is 9.40. The predicted molar refractivity (Wildman–Crippen MR) is 109 cm³/mol. The summed E-state index contributed by atoms with van der Waals surface area (Å²) in [7, 11) is 2.72. The molecule has 0 aromatic heterocycles. The number of hydrogen-bond acceptors (Lipinski definition) is 6. The molecule has 2 aromatic rings. The van der Waals surface area contributed by atoms with Crippen LogP contribution >= 0.6 is 0 Å². The first-order valence-corrected chi connectivity index (χ1v) is 9.40. The number of phenols is 1. The fraction of sp³-hybridized carbons (Fsp3) is 0.304. The zero-order chi connectivity index (χ0) is 21.1. The first-order chi connectivity index (χ1) is 14.0. The Morgan fingerprint density at radius 2 is 1.69 bits per heavy atom. The summed E-state index contributed by atoms with van der Waals surface area (Å²) in [6.07, 6.45) is 6.24. The summed E-state index contributed by atoms with van der Waals surface area (Å²) in [5, 5.41) is 9.55. The largest absolute Gasteiger partial charge is 0.508 e. The minimum absolute atomic E-state index is 0.0361. The number of methoxy groups -OCH3 is 2. The Morgan fingerprint density at radius 3 is 2.31 bits per heavy atom. The molecule has 0 bridgehead atoms. The van der Waals surface area contributed by atoms with Crippen LogP contribution in [-0.4, -0.2) is 31.3 Å². The summed E-state index contributed by atoms with van der Waals surface area (Å²) in [5.41, 5.74) is 2.12. The second-order valence-electron chi connectivity index (χ2n) is 6.45. The number of aromatic hydroxyl groups is 1. The van der Waals surface area contributed by atoms with Crippen LogP contribution in [0.5, 0.6) is 11.5 Å². The lowest BCUT2D eigenvalue weighted by Gasteiger charge is -2.09.